The van der Waals surface area contributed by atoms with Crippen molar-refractivity contribution in [2.75, 3.05) is 18.6 Å². The summed E-state index contributed by atoms with van der Waals surface area (Å²) in [6, 6.07) is 11.8. The van der Waals surface area contributed by atoms with Crippen molar-refractivity contribution in [3.05, 3.63) is 59.2 Å². The number of hydrogen-bond acceptors (Lipinski definition) is 5. The normalized spacial score (nSPS) is 14.9. The Kier molecular flexibility index (Phi) is 6.92. The maximum absolute atomic E-state index is 12.1. The zero-order valence-electron chi connectivity index (χ0n) is 20.0. The molecule has 1 N–H and O–H groups in total. The summed E-state index contributed by atoms with van der Waals surface area (Å²) in [4.78, 5) is 14.5. The van der Waals surface area contributed by atoms with Crippen molar-refractivity contribution >= 4 is 23.4 Å². The number of carbonyl (C=O) groups excluding carboxylic acids is 1. The Labute approximate surface area is 190 Å². The van der Waals surface area contributed by atoms with Gasteiger partial charge in [-0.3, -0.25) is 4.79 Å². The predicted octanol–water partition coefficient (Wildman–Crippen LogP) is 4.94. The second-order valence-electron chi connectivity index (χ2n) is 8.93. The second kappa shape index (κ2) is 9.47. The van der Waals surface area contributed by atoms with Crippen LogP contribution in [0.5, 0.6) is 11.5 Å². The number of methoxy groups -OCH3 is 1. The first-order chi connectivity index (χ1) is 15.1. The zero-order chi connectivity index (χ0) is 23.5. The molecular weight excluding hydrogens is 402 g/mol. The van der Waals surface area contributed by atoms with Crippen molar-refractivity contribution in [3.63, 3.8) is 0 Å². The van der Waals surface area contributed by atoms with Crippen LogP contribution in [-0.4, -0.2) is 37.4 Å². The molecule has 6 heteroatoms. The van der Waals surface area contributed by atoms with Crippen molar-refractivity contribution in [1.29, 1.82) is 0 Å². The van der Waals surface area contributed by atoms with E-state index >= 15 is 0 Å². The number of ether oxygens (including phenoxy) is 2. The van der Waals surface area contributed by atoms with E-state index < -0.39 is 0 Å². The highest BCUT2D eigenvalue weighted by Crippen LogP contribution is 2.41. The number of hydrogen-bond donors (Lipinski definition) is 1. The van der Waals surface area contributed by atoms with Gasteiger partial charge in [-0.15, -0.1) is 0 Å². The summed E-state index contributed by atoms with van der Waals surface area (Å²) < 4.78 is 10.6. The van der Waals surface area contributed by atoms with Gasteiger partial charge >= 0.3 is 0 Å². The average Bonchev–Trinajstić information content (AvgIpc) is 2.72. The lowest BCUT2D eigenvalue weighted by molar-refractivity contribution is -0.123. The molecule has 170 valence electrons. The minimum absolute atomic E-state index is 0.0504. The Morgan fingerprint density at radius 3 is 2.44 bits per heavy atom. The van der Waals surface area contributed by atoms with Crippen LogP contribution in [-0.2, 0) is 4.79 Å². The van der Waals surface area contributed by atoms with Gasteiger partial charge in [0.1, 0.15) is 11.5 Å². The molecule has 0 aromatic heterocycles. The highest BCUT2D eigenvalue weighted by Gasteiger charge is 2.33. The lowest BCUT2D eigenvalue weighted by atomic mass is 9.86. The molecule has 1 aliphatic heterocycles. The van der Waals surface area contributed by atoms with Gasteiger partial charge in [-0.25, -0.2) is 5.43 Å². The molecule has 3 rings (SSSR count). The molecule has 0 bridgehead atoms. The van der Waals surface area contributed by atoms with Crippen LogP contribution in [0.15, 0.2) is 47.6 Å². The molecule has 32 heavy (non-hydrogen) atoms. The molecular formula is C26H33N3O3. The van der Waals surface area contributed by atoms with E-state index in [0.717, 1.165) is 16.9 Å². The smallest absolute Gasteiger partial charge is 0.277 e. The third-order valence-electron chi connectivity index (χ3n) is 5.60. The Hall–Kier alpha value is -3.28. The lowest BCUT2D eigenvalue weighted by Gasteiger charge is -2.46. The van der Waals surface area contributed by atoms with Crippen LogP contribution < -0.4 is 19.8 Å². The number of amides is 1. The molecule has 2 aromatic carbocycles. The van der Waals surface area contributed by atoms with Gasteiger partial charge < -0.3 is 14.4 Å². The van der Waals surface area contributed by atoms with Gasteiger partial charge in [0.25, 0.3) is 5.91 Å². The third-order valence-corrected chi connectivity index (χ3v) is 5.60. The van der Waals surface area contributed by atoms with Crippen LogP contribution in [0.4, 0.5) is 5.69 Å². The number of fused-ring (bicyclic) bond motifs is 1. The van der Waals surface area contributed by atoms with Gasteiger partial charge in [-0.1, -0.05) is 6.08 Å². The van der Waals surface area contributed by atoms with E-state index in [-0.39, 0.29) is 18.1 Å². The van der Waals surface area contributed by atoms with E-state index in [1.165, 1.54) is 16.8 Å². The zero-order valence-corrected chi connectivity index (χ0v) is 20.0. The summed E-state index contributed by atoms with van der Waals surface area (Å²) >= 11 is 0. The number of nitrogens with zero attached hydrogens (tertiary/aromatic N) is 2. The van der Waals surface area contributed by atoms with E-state index in [1.807, 2.05) is 0 Å². The van der Waals surface area contributed by atoms with Crippen LogP contribution in [0, 0.1) is 6.92 Å². The van der Waals surface area contributed by atoms with Crippen LogP contribution in [0.1, 0.15) is 51.3 Å². The van der Waals surface area contributed by atoms with Crippen molar-refractivity contribution in [2.24, 2.45) is 5.10 Å². The molecule has 0 unspecified atom stereocenters. The van der Waals surface area contributed by atoms with Gasteiger partial charge in [-0.05, 0) is 94.6 Å². The van der Waals surface area contributed by atoms with Crippen molar-refractivity contribution < 1.29 is 14.3 Å². The summed E-state index contributed by atoms with van der Waals surface area (Å²) in [5, 5.41) is 4.14. The van der Waals surface area contributed by atoms with Gasteiger partial charge in [-0.2, -0.15) is 5.10 Å². The van der Waals surface area contributed by atoms with E-state index in [0.29, 0.717) is 11.8 Å². The van der Waals surface area contributed by atoms with Crippen molar-refractivity contribution in [1.82, 2.24) is 5.43 Å². The number of rotatable bonds is 7. The molecule has 1 heterocycles. The topological polar surface area (TPSA) is 63.2 Å². The highest BCUT2D eigenvalue weighted by molar-refractivity contribution is 5.90. The number of anilines is 1. The van der Waals surface area contributed by atoms with Gasteiger partial charge in [0.15, 0.2) is 6.61 Å². The number of allylic oxidation sites excluding steroid dienone is 1. The number of aryl methyl sites for hydroxylation is 1. The SMILES string of the molecule is COc1ccc(OCC(=O)N/N=C/c2cc3c(cc2C)N(C(C)C)C(C)(C)C=C3C)cc1. The van der Waals surface area contributed by atoms with E-state index in [9.17, 15) is 4.79 Å². The van der Waals surface area contributed by atoms with Gasteiger partial charge in [0, 0.05) is 17.3 Å². The van der Waals surface area contributed by atoms with Crippen molar-refractivity contribution in [2.45, 2.75) is 53.1 Å². The Morgan fingerprint density at radius 1 is 1.16 bits per heavy atom. The molecule has 1 amide bonds. The van der Waals surface area contributed by atoms with Crippen LogP contribution in [0.2, 0.25) is 0 Å². The molecule has 1 aliphatic rings. The summed E-state index contributed by atoms with van der Waals surface area (Å²) in [6.45, 7) is 13.0. The van der Waals surface area contributed by atoms with Crippen molar-refractivity contribution in [3.8, 4) is 11.5 Å². The fraction of sp³-hybridized carbons (Fsp3) is 0.385. The average molecular weight is 436 g/mol. The van der Waals surface area contributed by atoms with E-state index in [4.69, 9.17) is 9.47 Å². The Balaban J connectivity index is 1.68. The number of hydrazone groups is 1. The molecule has 0 atom stereocenters. The van der Waals surface area contributed by atoms with Gasteiger partial charge in [0.05, 0.1) is 18.9 Å². The maximum Gasteiger partial charge on any atom is 0.277 e. The number of benzene rings is 2. The molecule has 0 fully saturated rings. The fourth-order valence-electron chi connectivity index (χ4n) is 4.32. The fourth-order valence-corrected chi connectivity index (χ4v) is 4.32. The lowest BCUT2D eigenvalue weighted by Crippen LogP contribution is -2.49. The molecule has 2 aromatic rings. The minimum Gasteiger partial charge on any atom is -0.497 e. The molecule has 0 saturated heterocycles. The quantitative estimate of drug-likeness (QED) is 0.494. The molecule has 0 saturated carbocycles. The van der Waals surface area contributed by atoms with E-state index in [1.54, 1.807) is 37.6 Å². The first kappa shape index (κ1) is 23.4. The first-order valence-corrected chi connectivity index (χ1v) is 10.8. The van der Waals surface area contributed by atoms with Crippen LogP contribution in [0.3, 0.4) is 0 Å². The maximum atomic E-state index is 12.1. The van der Waals surface area contributed by atoms with Gasteiger partial charge in [0.2, 0.25) is 0 Å². The molecule has 6 nitrogen and oxygen atoms in total. The predicted molar refractivity (Wildman–Crippen MR) is 131 cm³/mol. The second-order valence-corrected chi connectivity index (χ2v) is 8.93. The minimum atomic E-state index is -0.323. The summed E-state index contributed by atoms with van der Waals surface area (Å²) in [7, 11) is 1.60. The van der Waals surface area contributed by atoms with E-state index in [2.05, 4.69) is 75.2 Å². The summed E-state index contributed by atoms with van der Waals surface area (Å²) in [5.41, 5.74) is 8.23. The summed E-state index contributed by atoms with van der Waals surface area (Å²) in [6.07, 6.45) is 4.00. The van der Waals surface area contributed by atoms with Crippen LogP contribution >= 0.6 is 0 Å². The number of nitrogens with one attached hydrogen (secondary N) is 1. The largest absolute Gasteiger partial charge is 0.497 e. The third kappa shape index (κ3) is 5.13. The first-order valence-electron chi connectivity index (χ1n) is 10.8. The molecule has 0 radical (unpaired) electrons. The molecule has 0 spiro atoms. The van der Waals surface area contributed by atoms with Crippen LogP contribution in [0.25, 0.3) is 5.57 Å². The monoisotopic (exact) mass is 435 g/mol. The highest BCUT2D eigenvalue weighted by atomic mass is 16.5. The Bertz CT molecular complexity index is 1040. The summed E-state index contributed by atoms with van der Waals surface area (Å²) in [5.74, 6) is 1.00. The molecule has 0 aliphatic carbocycles. The Morgan fingerprint density at radius 2 is 1.81 bits per heavy atom. The number of carbonyl (C=O) groups is 1. The standard InChI is InChI=1S/C26H33N3O3/c1-17(2)29-24-12-18(3)20(13-23(24)19(4)14-26(29,5)6)15-27-28-25(30)16-32-22-10-8-21(31-7)9-11-22/h8-15,17H,16H2,1-7H3,(H,28,30)/b27-15+.